The van der Waals surface area contributed by atoms with E-state index < -0.39 is 0 Å². The van der Waals surface area contributed by atoms with Crippen molar-refractivity contribution in [2.45, 2.75) is 19.3 Å². The van der Waals surface area contributed by atoms with Crippen molar-refractivity contribution in [1.82, 2.24) is 24.8 Å². The fraction of sp³-hybridized carbons (Fsp3) is 0.333. The van der Waals surface area contributed by atoms with E-state index in [1.807, 2.05) is 42.7 Å². The summed E-state index contributed by atoms with van der Waals surface area (Å²) in [6, 6.07) is 16.0. The molecule has 170 valence electrons. The Bertz CT molecular complexity index is 1370. The number of para-hydroxylation sites is 1. The van der Waals surface area contributed by atoms with E-state index in [4.69, 9.17) is 9.97 Å². The molecule has 0 spiro atoms. The molecule has 3 aliphatic rings. The van der Waals surface area contributed by atoms with Gasteiger partial charge in [0.05, 0.1) is 5.52 Å². The standard InChI is InChI=1S/C27H26N6O/c34-25(22-9-4-13-29-22)33-17-26-10-5-11-27(26,18-33)16-32(15-26)24-20-7-1-2-8-21(20)30-23(31-24)19-6-3-12-28-14-19/h1-4,6-9,12-14,29H,5,10-11,15-18H2. The van der Waals surface area contributed by atoms with Crippen LogP contribution in [-0.2, 0) is 0 Å². The van der Waals surface area contributed by atoms with E-state index in [0.717, 1.165) is 61.3 Å². The number of nitrogens with zero attached hydrogens (tertiary/aromatic N) is 5. The zero-order valence-corrected chi connectivity index (χ0v) is 18.9. The number of pyridine rings is 1. The first-order chi connectivity index (χ1) is 16.7. The molecule has 1 aliphatic carbocycles. The number of carbonyl (C=O) groups is 1. The highest BCUT2D eigenvalue weighted by Gasteiger charge is 2.65. The summed E-state index contributed by atoms with van der Waals surface area (Å²) in [5.74, 6) is 1.84. The minimum atomic E-state index is 0.121. The monoisotopic (exact) mass is 450 g/mol. The first-order valence-corrected chi connectivity index (χ1v) is 12.0. The number of H-pyrrole nitrogens is 1. The molecule has 7 rings (SSSR count). The second-order valence-corrected chi connectivity index (χ2v) is 10.1. The number of amides is 1. The van der Waals surface area contributed by atoms with E-state index in [1.54, 1.807) is 6.20 Å². The number of aromatic nitrogens is 4. The Labute approximate surface area is 197 Å². The van der Waals surface area contributed by atoms with Gasteiger partial charge in [0.1, 0.15) is 11.5 Å². The summed E-state index contributed by atoms with van der Waals surface area (Å²) >= 11 is 0. The minimum Gasteiger partial charge on any atom is -0.357 e. The molecule has 4 aromatic rings. The average Bonchev–Trinajstić information content (AvgIpc) is 3.61. The summed E-state index contributed by atoms with van der Waals surface area (Å²) in [5.41, 5.74) is 2.80. The first-order valence-electron chi connectivity index (χ1n) is 12.0. The van der Waals surface area contributed by atoms with Crippen LogP contribution in [0.15, 0.2) is 67.1 Å². The van der Waals surface area contributed by atoms with Crippen LogP contribution < -0.4 is 4.90 Å². The number of hydrogen-bond donors (Lipinski definition) is 1. The lowest BCUT2D eigenvalue weighted by Gasteiger charge is -2.29. The predicted octanol–water partition coefficient (Wildman–Crippen LogP) is 4.15. The molecule has 3 fully saturated rings. The van der Waals surface area contributed by atoms with Crippen LogP contribution >= 0.6 is 0 Å². The van der Waals surface area contributed by atoms with Gasteiger partial charge in [0.2, 0.25) is 0 Å². The maximum absolute atomic E-state index is 13.1. The molecule has 2 aliphatic heterocycles. The van der Waals surface area contributed by atoms with Gasteiger partial charge >= 0.3 is 0 Å². The number of aromatic amines is 1. The van der Waals surface area contributed by atoms with E-state index >= 15 is 0 Å². The lowest BCUT2D eigenvalue weighted by atomic mass is 9.71. The van der Waals surface area contributed by atoms with Gasteiger partial charge in [-0.15, -0.1) is 0 Å². The molecule has 7 nitrogen and oxygen atoms in total. The third-order valence-electron chi connectivity index (χ3n) is 8.33. The number of likely N-dealkylation sites (tertiary alicyclic amines) is 1. The van der Waals surface area contributed by atoms with Crippen LogP contribution in [-0.4, -0.2) is 56.9 Å². The minimum absolute atomic E-state index is 0.121. The highest BCUT2D eigenvalue weighted by Crippen LogP contribution is 2.62. The smallest absolute Gasteiger partial charge is 0.270 e. The molecule has 2 atom stereocenters. The summed E-state index contributed by atoms with van der Waals surface area (Å²) in [4.78, 5) is 35.0. The zero-order chi connectivity index (χ0) is 22.8. The zero-order valence-electron chi connectivity index (χ0n) is 18.9. The summed E-state index contributed by atoms with van der Waals surface area (Å²) in [6.45, 7) is 3.49. The molecule has 2 unspecified atom stereocenters. The van der Waals surface area contributed by atoms with Crippen molar-refractivity contribution in [3.63, 3.8) is 0 Å². The Balaban J connectivity index is 1.27. The van der Waals surface area contributed by atoms with E-state index in [2.05, 4.69) is 38.0 Å². The third-order valence-corrected chi connectivity index (χ3v) is 8.33. The Kier molecular flexibility index (Phi) is 4.13. The fourth-order valence-corrected chi connectivity index (χ4v) is 6.81. The van der Waals surface area contributed by atoms with Gasteiger partial charge in [0.15, 0.2) is 5.82 Å². The van der Waals surface area contributed by atoms with Crippen LogP contribution in [0.1, 0.15) is 29.8 Å². The van der Waals surface area contributed by atoms with Crippen LogP contribution in [0, 0.1) is 10.8 Å². The Morgan fingerprint density at radius 3 is 2.47 bits per heavy atom. The maximum Gasteiger partial charge on any atom is 0.270 e. The van der Waals surface area contributed by atoms with Crippen molar-refractivity contribution >= 4 is 22.6 Å². The lowest BCUT2D eigenvalue weighted by molar-refractivity contribution is 0.0758. The van der Waals surface area contributed by atoms with Crippen molar-refractivity contribution < 1.29 is 4.79 Å². The Morgan fingerprint density at radius 1 is 0.912 bits per heavy atom. The lowest BCUT2D eigenvalue weighted by Crippen LogP contribution is -2.37. The van der Waals surface area contributed by atoms with Gasteiger partial charge in [-0.3, -0.25) is 9.78 Å². The molecular weight excluding hydrogens is 424 g/mol. The number of benzene rings is 1. The number of carbonyl (C=O) groups excluding carboxylic acids is 1. The second kappa shape index (κ2) is 7.13. The molecule has 5 heterocycles. The summed E-state index contributed by atoms with van der Waals surface area (Å²) in [6.07, 6.45) is 8.98. The highest BCUT2D eigenvalue weighted by atomic mass is 16.2. The van der Waals surface area contributed by atoms with Gasteiger partial charge in [-0.2, -0.15) is 0 Å². The molecule has 1 aromatic carbocycles. The number of anilines is 1. The Morgan fingerprint density at radius 2 is 1.74 bits per heavy atom. The van der Waals surface area contributed by atoms with Gasteiger partial charge in [-0.05, 0) is 49.2 Å². The molecule has 1 amide bonds. The molecule has 0 bridgehead atoms. The van der Waals surface area contributed by atoms with Crippen LogP contribution in [0.3, 0.4) is 0 Å². The van der Waals surface area contributed by atoms with Gasteiger partial charge in [-0.25, -0.2) is 9.97 Å². The molecule has 7 heteroatoms. The molecule has 1 N–H and O–H groups in total. The molecule has 2 saturated heterocycles. The number of rotatable bonds is 3. The van der Waals surface area contributed by atoms with Crippen molar-refractivity contribution in [2.75, 3.05) is 31.1 Å². The van der Waals surface area contributed by atoms with Gasteiger partial charge in [0.25, 0.3) is 5.91 Å². The van der Waals surface area contributed by atoms with Gasteiger partial charge in [-0.1, -0.05) is 18.6 Å². The van der Waals surface area contributed by atoms with E-state index in [-0.39, 0.29) is 16.7 Å². The van der Waals surface area contributed by atoms with Crippen LogP contribution in [0.4, 0.5) is 5.82 Å². The summed E-state index contributed by atoms with van der Waals surface area (Å²) in [5, 5.41) is 1.08. The van der Waals surface area contributed by atoms with E-state index in [9.17, 15) is 4.79 Å². The molecule has 3 aromatic heterocycles. The van der Waals surface area contributed by atoms with Crippen LogP contribution in [0.2, 0.25) is 0 Å². The molecule has 0 radical (unpaired) electrons. The first kappa shape index (κ1) is 19.7. The van der Waals surface area contributed by atoms with Crippen LogP contribution in [0.25, 0.3) is 22.3 Å². The largest absolute Gasteiger partial charge is 0.357 e. The van der Waals surface area contributed by atoms with Gasteiger partial charge < -0.3 is 14.8 Å². The van der Waals surface area contributed by atoms with Crippen molar-refractivity contribution in [2.24, 2.45) is 10.8 Å². The van der Waals surface area contributed by atoms with Crippen LogP contribution in [0.5, 0.6) is 0 Å². The quantitative estimate of drug-likeness (QED) is 0.507. The van der Waals surface area contributed by atoms with Gasteiger partial charge in [0, 0.05) is 66.5 Å². The van der Waals surface area contributed by atoms with Crippen molar-refractivity contribution in [1.29, 1.82) is 0 Å². The SMILES string of the molecule is O=C(c1ccc[nH]1)N1CC23CCCC2(C1)CN(c1nc(-c2cccnc2)nc2ccccc12)C3. The summed E-state index contributed by atoms with van der Waals surface area (Å²) in [7, 11) is 0. The molecular formula is C27H26N6O. The van der Waals surface area contributed by atoms with E-state index in [1.165, 1.54) is 6.42 Å². The normalized spacial score (nSPS) is 25.6. The Hall–Kier alpha value is -3.74. The van der Waals surface area contributed by atoms with Crippen molar-refractivity contribution in [3.05, 3.63) is 72.8 Å². The third kappa shape index (κ3) is 2.76. The summed E-state index contributed by atoms with van der Waals surface area (Å²) < 4.78 is 0. The average molecular weight is 451 g/mol. The second-order valence-electron chi connectivity index (χ2n) is 10.1. The number of nitrogens with one attached hydrogen (secondary N) is 1. The molecule has 1 saturated carbocycles. The number of fused-ring (bicyclic) bond motifs is 1. The maximum atomic E-state index is 13.1. The fourth-order valence-electron chi connectivity index (χ4n) is 6.81. The topological polar surface area (TPSA) is 78.0 Å². The van der Waals surface area contributed by atoms with E-state index in [0.29, 0.717) is 11.5 Å². The number of hydrogen-bond acceptors (Lipinski definition) is 5. The predicted molar refractivity (Wildman–Crippen MR) is 130 cm³/mol. The van der Waals surface area contributed by atoms with Crippen molar-refractivity contribution in [3.8, 4) is 11.4 Å². The highest BCUT2D eigenvalue weighted by molar-refractivity contribution is 5.93. The molecule has 34 heavy (non-hydrogen) atoms.